The minimum absolute atomic E-state index is 0.332. The molecule has 0 unspecified atom stereocenters. The summed E-state index contributed by atoms with van der Waals surface area (Å²) in [7, 11) is 0. The highest BCUT2D eigenvalue weighted by molar-refractivity contribution is 9.09. The average Bonchev–Trinajstić information content (AvgIpc) is 2.25. The van der Waals surface area contributed by atoms with Gasteiger partial charge in [0.25, 0.3) is 0 Å². The van der Waals surface area contributed by atoms with Crippen LogP contribution in [0.5, 0.6) is 0 Å². The van der Waals surface area contributed by atoms with Crippen LogP contribution in [0, 0.1) is 0 Å². The van der Waals surface area contributed by atoms with E-state index in [-0.39, 0.29) is 0 Å². The lowest BCUT2D eigenvalue weighted by molar-refractivity contribution is -0.137. The lowest BCUT2D eigenvalue weighted by Gasteiger charge is -2.38. The van der Waals surface area contributed by atoms with Gasteiger partial charge < -0.3 is 4.90 Å². The van der Waals surface area contributed by atoms with Gasteiger partial charge in [-0.25, -0.2) is 4.98 Å². The molecule has 1 saturated carbocycles. The van der Waals surface area contributed by atoms with Crippen LogP contribution in [0.4, 0.5) is 19.0 Å². The van der Waals surface area contributed by atoms with Crippen molar-refractivity contribution in [3.63, 3.8) is 0 Å². The van der Waals surface area contributed by atoms with Crippen molar-refractivity contribution >= 4 is 21.7 Å². The first-order valence-corrected chi connectivity index (χ1v) is 7.00. The SMILES string of the molecule is FC(F)(F)c1ccnc(N(CCBr)C2CCC2)c1. The fraction of sp³-hybridized carbons (Fsp3) is 0.583. The van der Waals surface area contributed by atoms with Crippen LogP contribution in [0.3, 0.4) is 0 Å². The molecule has 0 N–H and O–H groups in total. The molecule has 2 rings (SSSR count). The van der Waals surface area contributed by atoms with Gasteiger partial charge in [0.15, 0.2) is 0 Å². The van der Waals surface area contributed by atoms with Gasteiger partial charge in [-0.1, -0.05) is 15.9 Å². The Morgan fingerprint density at radius 1 is 1.39 bits per heavy atom. The van der Waals surface area contributed by atoms with E-state index in [9.17, 15) is 13.2 Å². The van der Waals surface area contributed by atoms with Crippen molar-refractivity contribution in [2.45, 2.75) is 31.5 Å². The third kappa shape index (κ3) is 2.96. The number of alkyl halides is 4. The normalized spacial score (nSPS) is 16.4. The molecule has 0 bridgehead atoms. The van der Waals surface area contributed by atoms with Gasteiger partial charge in [0, 0.05) is 24.1 Å². The minimum atomic E-state index is -4.31. The van der Waals surface area contributed by atoms with Crippen LogP contribution in [0.1, 0.15) is 24.8 Å². The van der Waals surface area contributed by atoms with Crippen LogP contribution < -0.4 is 4.90 Å². The molecular weight excluding hydrogens is 309 g/mol. The van der Waals surface area contributed by atoms with Crippen LogP contribution in [-0.4, -0.2) is 22.9 Å². The summed E-state index contributed by atoms with van der Waals surface area (Å²) in [6.45, 7) is 0.680. The summed E-state index contributed by atoms with van der Waals surface area (Å²) in [5.74, 6) is 0.425. The molecule has 0 atom stereocenters. The van der Waals surface area contributed by atoms with E-state index in [2.05, 4.69) is 20.9 Å². The van der Waals surface area contributed by atoms with Gasteiger partial charge in [0.05, 0.1) is 5.56 Å². The van der Waals surface area contributed by atoms with E-state index in [1.54, 1.807) is 0 Å². The summed E-state index contributed by atoms with van der Waals surface area (Å²) in [5, 5.41) is 0.724. The van der Waals surface area contributed by atoms with E-state index in [4.69, 9.17) is 0 Å². The van der Waals surface area contributed by atoms with E-state index >= 15 is 0 Å². The molecule has 0 aliphatic heterocycles. The molecule has 6 heteroatoms. The minimum Gasteiger partial charge on any atom is -0.353 e. The Bertz CT molecular complexity index is 405. The molecule has 100 valence electrons. The van der Waals surface area contributed by atoms with Crippen LogP contribution in [0.2, 0.25) is 0 Å². The van der Waals surface area contributed by atoms with Crippen molar-refractivity contribution in [2.24, 2.45) is 0 Å². The molecule has 0 amide bonds. The van der Waals surface area contributed by atoms with E-state index in [1.807, 2.05) is 4.90 Å². The van der Waals surface area contributed by atoms with Crippen molar-refractivity contribution in [3.05, 3.63) is 23.9 Å². The van der Waals surface area contributed by atoms with E-state index < -0.39 is 11.7 Å². The lowest BCUT2D eigenvalue weighted by Crippen LogP contribution is -2.42. The molecule has 0 aromatic carbocycles. The molecule has 0 spiro atoms. The average molecular weight is 323 g/mol. The van der Waals surface area contributed by atoms with Crippen LogP contribution >= 0.6 is 15.9 Å². The summed E-state index contributed by atoms with van der Waals surface area (Å²) in [6.07, 6.45) is 0.133. The first kappa shape index (κ1) is 13.6. The number of hydrogen-bond acceptors (Lipinski definition) is 2. The Balaban J connectivity index is 2.24. The summed E-state index contributed by atoms with van der Waals surface area (Å²) in [4.78, 5) is 6.05. The first-order chi connectivity index (χ1) is 8.52. The second-order valence-electron chi connectivity index (χ2n) is 4.37. The molecule has 1 heterocycles. The smallest absolute Gasteiger partial charge is 0.353 e. The summed E-state index contributed by atoms with van der Waals surface area (Å²) in [5.41, 5.74) is -0.633. The Hall–Kier alpha value is -0.780. The fourth-order valence-electron chi connectivity index (χ4n) is 2.03. The quantitative estimate of drug-likeness (QED) is 0.783. The van der Waals surface area contributed by atoms with Crippen LogP contribution in [0.15, 0.2) is 18.3 Å². The number of hydrogen-bond donors (Lipinski definition) is 0. The molecule has 2 nitrogen and oxygen atoms in total. The maximum absolute atomic E-state index is 12.7. The highest BCUT2D eigenvalue weighted by Gasteiger charge is 2.32. The van der Waals surface area contributed by atoms with E-state index in [1.165, 1.54) is 6.20 Å². The van der Waals surface area contributed by atoms with Crippen LogP contribution in [-0.2, 0) is 6.18 Å². The van der Waals surface area contributed by atoms with Gasteiger partial charge in [-0.2, -0.15) is 13.2 Å². The van der Waals surface area contributed by atoms with Crippen molar-refractivity contribution in [2.75, 3.05) is 16.8 Å². The van der Waals surface area contributed by atoms with Crippen LogP contribution in [0.25, 0.3) is 0 Å². The van der Waals surface area contributed by atoms with Crippen molar-refractivity contribution in [1.82, 2.24) is 4.98 Å². The first-order valence-electron chi connectivity index (χ1n) is 5.88. The number of aromatic nitrogens is 1. The Kier molecular flexibility index (Phi) is 4.14. The standard InChI is InChI=1S/C12H14BrF3N2/c13-5-7-18(10-2-1-3-10)11-8-9(4-6-17-11)12(14,15)16/h4,6,8,10H,1-3,5,7H2. The van der Waals surface area contributed by atoms with E-state index in [0.29, 0.717) is 18.4 Å². The Labute approximate surface area is 112 Å². The zero-order valence-electron chi connectivity index (χ0n) is 9.75. The zero-order chi connectivity index (χ0) is 13.2. The number of halogens is 4. The van der Waals surface area contributed by atoms with Gasteiger partial charge in [-0.05, 0) is 31.4 Å². The summed E-state index contributed by atoms with van der Waals surface area (Å²) >= 11 is 3.34. The van der Waals surface area contributed by atoms with Gasteiger partial charge in [0.1, 0.15) is 5.82 Å². The molecule has 0 radical (unpaired) electrons. The van der Waals surface area contributed by atoms with Gasteiger partial charge >= 0.3 is 6.18 Å². The molecule has 1 aliphatic carbocycles. The highest BCUT2D eigenvalue weighted by atomic mass is 79.9. The largest absolute Gasteiger partial charge is 0.416 e. The summed E-state index contributed by atoms with van der Waals surface area (Å²) in [6, 6.07) is 2.48. The maximum Gasteiger partial charge on any atom is 0.416 e. The topological polar surface area (TPSA) is 16.1 Å². The van der Waals surface area contributed by atoms with Gasteiger partial charge in [-0.3, -0.25) is 0 Å². The molecule has 18 heavy (non-hydrogen) atoms. The maximum atomic E-state index is 12.7. The van der Waals surface area contributed by atoms with Gasteiger partial charge in [-0.15, -0.1) is 0 Å². The van der Waals surface area contributed by atoms with Crippen molar-refractivity contribution in [3.8, 4) is 0 Å². The number of nitrogens with zero attached hydrogens (tertiary/aromatic N) is 2. The number of rotatable bonds is 4. The second-order valence-corrected chi connectivity index (χ2v) is 5.16. The van der Waals surface area contributed by atoms with Crippen molar-refractivity contribution in [1.29, 1.82) is 0 Å². The molecule has 1 aliphatic rings. The second kappa shape index (κ2) is 5.47. The van der Waals surface area contributed by atoms with E-state index in [0.717, 1.165) is 36.7 Å². The number of pyridine rings is 1. The monoisotopic (exact) mass is 322 g/mol. The van der Waals surface area contributed by atoms with Crippen molar-refractivity contribution < 1.29 is 13.2 Å². The highest BCUT2D eigenvalue weighted by Crippen LogP contribution is 2.33. The predicted molar refractivity (Wildman–Crippen MR) is 68.0 cm³/mol. The zero-order valence-corrected chi connectivity index (χ0v) is 11.3. The molecule has 0 saturated heterocycles. The molecule has 1 fully saturated rings. The third-order valence-corrected chi connectivity index (χ3v) is 3.56. The molecule has 1 aromatic heterocycles. The molecule has 1 aromatic rings. The molecular formula is C12H14BrF3N2. The summed E-state index contributed by atoms with van der Waals surface area (Å²) < 4.78 is 38.0. The fourth-order valence-corrected chi connectivity index (χ4v) is 2.41. The van der Waals surface area contributed by atoms with Gasteiger partial charge in [0.2, 0.25) is 0 Å². The number of anilines is 1. The lowest BCUT2D eigenvalue weighted by atomic mass is 9.91. The Morgan fingerprint density at radius 3 is 2.61 bits per heavy atom. The third-order valence-electron chi connectivity index (χ3n) is 3.21. The Morgan fingerprint density at radius 2 is 2.11 bits per heavy atom. The predicted octanol–water partition coefficient (Wildman–Crippen LogP) is 3.85.